The molecule has 2 rings (SSSR count). The zero-order valence-electron chi connectivity index (χ0n) is 11.4. The summed E-state index contributed by atoms with van der Waals surface area (Å²) in [7, 11) is 0. The van der Waals surface area contributed by atoms with Gasteiger partial charge in [0, 0.05) is 18.5 Å². The highest BCUT2D eigenvalue weighted by Gasteiger charge is 2.06. The molecule has 0 spiro atoms. The number of Topliss-reactive ketones (excluding diaryl/α,β-unsaturated/α-hetero) is 1. The Labute approximate surface area is 114 Å². The lowest BCUT2D eigenvalue weighted by Crippen LogP contribution is -2.07. The number of nitrogen functional groups attached to an aromatic ring is 1. The maximum atomic E-state index is 12.1. The van der Waals surface area contributed by atoms with E-state index in [2.05, 4.69) is 32.0 Å². The Morgan fingerprint density at radius 1 is 0.947 bits per heavy atom. The van der Waals surface area contributed by atoms with Crippen LogP contribution in [0.3, 0.4) is 0 Å². The SMILES string of the molecule is Cc1cc(C)cc(CC(=O)Cc2cccc(N)c2)c1. The highest BCUT2D eigenvalue weighted by Crippen LogP contribution is 2.12. The van der Waals surface area contributed by atoms with E-state index >= 15 is 0 Å². The summed E-state index contributed by atoms with van der Waals surface area (Å²) in [6.07, 6.45) is 0.926. The van der Waals surface area contributed by atoms with Gasteiger partial charge in [0.1, 0.15) is 5.78 Å². The molecule has 0 unspecified atom stereocenters. The van der Waals surface area contributed by atoms with Crippen LogP contribution in [-0.2, 0) is 17.6 Å². The van der Waals surface area contributed by atoms with E-state index in [9.17, 15) is 4.79 Å². The molecule has 0 bridgehead atoms. The molecule has 0 aliphatic carbocycles. The van der Waals surface area contributed by atoms with Crippen LogP contribution in [0, 0.1) is 13.8 Å². The average Bonchev–Trinajstić information content (AvgIpc) is 2.26. The van der Waals surface area contributed by atoms with Crippen LogP contribution < -0.4 is 5.73 Å². The largest absolute Gasteiger partial charge is 0.399 e. The van der Waals surface area contributed by atoms with Gasteiger partial charge in [0.15, 0.2) is 0 Å². The molecule has 0 aliphatic rings. The Balaban J connectivity index is 2.05. The third-order valence-electron chi connectivity index (χ3n) is 3.04. The predicted molar refractivity (Wildman–Crippen MR) is 79.2 cm³/mol. The Kier molecular flexibility index (Phi) is 4.00. The van der Waals surface area contributed by atoms with Gasteiger partial charge >= 0.3 is 0 Å². The number of ketones is 1. The summed E-state index contributed by atoms with van der Waals surface area (Å²) in [5.41, 5.74) is 10.9. The molecule has 0 heterocycles. The van der Waals surface area contributed by atoms with Crippen LogP contribution in [-0.4, -0.2) is 5.78 Å². The zero-order chi connectivity index (χ0) is 13.8. The van der Waals surface area contributed by atoms with Gasteiger partial charge in [0.05, 0.1) is 0 Å². The molecule has 2 N–H and O–H groups in total. The molecule has 2 aromatic rings. The topological polar surface area (TPSA) is 43.1 Å². The molecule has 0 radical (unpaired) electrons. The second-order valence-electron chi connectivity index (χ2n) is 5.13. The van der Waals surface area contributed by atoms with Crippen molar-refractivity contribution in [2.24, 2.45) is 0 Å². The van der Waals surface area contributed by atoms with E-state index in [0.717, 1.165) is 11.1 Å². The minimum absolute atomic E-state index is 0.218. The van der Waals surface area contributed by atoms with Crippen molar-refractivity contribution >= 4 is 11.5 Å². The molecule has 2 nitrogen and oxygen atoms in total. The fraction of sp³-hybridized carbons (Fsp3) is 0.235. The quantitative estimate of drug-likeness (QED) is 0.850. The smallest absolute Gasteiger partial charge is 0.141 e. The van der Waals surface area contributed by atoms with Gasteiger partial charge in [-0.15, -0.1) is 0 Å². The van der Waals surface area contributed by atoms with E-state index in [1.165, 1.54) is 11.1 Å². The van der Waals surface area contributed by atoms with Crippen LogP contribution in [0.15, 0.2) is 42.5 Å². The highest BCUT2D eigenvalue weighted by molar-refractivity contribution is 5.83. The summed E-state index contributed by atoms with van der Waals surface area (Å²) >= 11 is 0. The van der Waals surface area contributed by atoms with Crippen LogP contribution in [0.25, 0.3) is 0 Å². The van der Waals surface area contributed by atoms with Gasteiger partial charge in [-0.25, -0.2) is 0 Å². The van der Waals surface area contributed by atoms with Gasteiger partial charge in [0.25, 0.3) is 0 Å². The van der Waals surface area contributed by atoms with Crippen LogP contribution in [0.4, 0.5) is 5.69 Å². The molecule has 2 aromatic carbocycles. The normalized spacial score (nSPS) is 10.4. The number of carbonyl (C=O) groups is 1. The fourth-order valence-electron chi connectivity index (χ4n) is 2.39. The maximum absolute atomic E-state index is 12.1. The molecule has 0 saturated heterocycles. The van der Waals surface area contributed by atoms with Crippen LogP contribution in [0.1, 0.15) is 22.3 Å². The second kappa shape index (κ2) is 5.70. The Morgan fingerprint density at radius 2 is 1.58 bits per heavy atom. The number of rotatable bonds is 4. The van der Waals surface area contributed by atoms with E-state index < -0.39 is 0 Å². The standard InChI is InChI=1S/C17H19NO/c1-12-6-13(2)8-15(7-12)11-17(19)10-14-4-3-5-16(18)9-14/h3-9H,10-11,18H2,1-2H3. The van der Waals surface area contributed by atoms with Crippen molar-refractivity contribution in [1.82, 2.24) is 0 Å². The van der Waals surface area contributed by atoms with Crippen molar-refractivity contribution < 1.29 is 4.79 Å². The minimum atomic E-state index is 0.218. The second-order valence-corrected chi connectivity index (χ2v) is 5.13. The van der Waals surface area contributed by atoms with Crippen LogP contribution >= 0.6 is 0 Å². The summed E-state index contributed by atoms with van der Waals surface area (Å²) in [5.74, 6) is 0.218. The van der Waals surface area contributed by atoms with Gasteiger partial charge < -0.3 is 5.73 Å². The van der Waals surface area contributed by atoms with Gasteiger partial charge in [-0.2, -0.15) is 0 Å². The number of hydrogen-bond donors (Lipinski definition) is 1. The molecule has 98 valence electrons. The highest BCUT2D eigenvalue weighted by atomic mass is 16.1. The number of benzene rings is 2. The van der Waals surface area contributed by atoms with Crippen molar-refractivity contribution in [2.75, 3.05) is 5.73 Å². The lowest BCUT2D eigenvalue weighted by molar-refractivity contribution is -0.117. The molecular weight excluding hydrogens is 234 g/mol. The molecule has 2 heteroatoms. The van der Waals surface area contributed by atoms with Crippen LogP contribution in [0.5, 0.6) is 0 Å². The summed E-state index contributed by atoms with van der Waals surface area (Å²) in [6.45, 7) is 4.11. The molecule has 0 aromatic heterocycles. The first-order chi connectivity index (χ1) is 9.02. The van der Waals surface area contributed by atoms with Gasteiger partial charge in [-0.3, -0.25) is 4.79 Å². The van der Waals surface area contributed by atoms with E-state index in [4.69, 9.17) is 5.73 Å². The van der Waals surface area contributed by atoms with E-state index in [-0.39, 0.29) is 5.78 Å². The lowest BCUT2D eigenvalue weighted by atomic mass is 9.99. The lowest BCUT2D eigenvalue weighted by Gasteiger charge is -2.05. The molecule has 0 amide bonds. The molecule has 0 atom stereocenters. The number of carbonyl (C=O) groups excluding carboxylic acids is 1. The van der Waals surface area contributed by atoms with Gasteiger partial charge in [-0.05, 0) is 37.1 Å². The van der Waals surface area contributed by atoms with Crippen molar-refractivity contribution in [3.05, 3.63) is 64.7 Å². The first-order valence-corrected chi connectivity index (χ1v) is 6.46. The summed E-state index contributed by atoms with van der Waals surface area (Å²) < 4.78 is 0. The van der Waals surface area contributed by atoms with E-state index in [1.807, 2.05) is 24.3 Å². The molecule has 19 heavy (non-hydrogen) atoms. The van der Waals surface area contributed by atoms with Crippen molar-refractivity contribution in [3.63, 3.8) is 0 Å². The monoisotopic (exact) mass is 253 g/mol. The first-order valence-electron chi connectivity index (χ1n) is 6.46. The molecular formula is C17H19NO. The number of aryl methyl sites for hydroxylation is 2. The Morgan fingerprint density at radius 3 is 2.21 bits per heavy atom. The van der Waals surface area contributed by atoms with E-state index in [1.54, 1.807) is 0 Å². The van der Waals surface area contributed by atoms with Crippen molar-refractivity contribution in [1.29, 1.82) is 0 Å². The van der Waals surface area contributed by atoms with Crippen molar-refractivity contribution in [3.8, 4) is 0 Å². The van der Waals surface area contributed by atoms with Crippen molar-refractivity contribution in [2.45, 2.75) is 26.7 Å². The molecule has 0 saturated carbocycles. The third kappa shape index (κ3) is 3.95. The maximum Gasteiger partial charge on any atom is 0.141 e. The molecule has 0 fully saturated rings. The van der Waals surface area contributed by atoms with E-state index in [0.29, 0.717) is 18.5 Å². The Bertz CT molecular complexity index is 582. The first kappa shape index (κ1) is 13.3. The average molecular weight is 253 g/mol. The summed E-state index contributed by atoms with van der Waals surface area (Å²) in [4.78, 5) is 12.1. The third-order valence-corrected chi connectivity index (χ3v) is 3.04. The minimum Gasteiger partial charge on any atom is -0.399 e. The van der Waals surface area contributed by atoms with Crippen LogP contribution in [0.2, 0.25) is 0 Å². The zero-order valence-corrected chi connectivity index (χ0v) is 11.4. The van der Waals surface area contributed by atoms with Gasteiger partial charge in [-0.1, -0.05) is 41.5 Å². The predicted octanol–water partition coefficient (Wildman–Crippen LogP) is 3.24. The fourth-order valence-corrected chi connectivity index (χ4v) is 2.39. The summed E-state index contributed by atoms with van der Waals surface area (Å²) in [6, 6.07) is 13.8. The number of hydrogen-bond acceptors (Lipinski definition) is 2. The summed E-state index contributed by atoms with van der Waals surface area (Å²) in [5, 5.41) is 0. The number of anilines is 1. The number of nitrogens with two attached hydrogens (primary N) is 1. The Hall–Kier alpha value is -2.09. The molecule has 0 aliphatic heterocycles. The van der Waals surface area contributed by atoms with Gasteiger partial charge in [0.2, 0.25) is 0 Å².